The van der Waals surface area contributed by atoms with Gasteiger partial charge in [0.05, 0.1) is 0 Å². The smallest absolute Gasteiger partial charge is 0.222 e. The van der Waals surface area contributed by atoms with Gasteiger partial charge in [-0.05, 0) is 10.8 Å². The van der Waals surface area contributed by atoms with Crippen molar-refractivity contribution in [2.75, 3.05) is 39.7 Å². The minimum absolute atomic E-state index is 0.153. The largest absolute Gasteiger partial charge is 0.349 e. The van der Waals surface area contributed by atoms with Crippen molar-refractivity contribution in [3.63, 3.8) is 0 Å². The molecule has 0 aromatic rings. The van der Waals surface area contributed by atoms with Crippen LogP contribution >= 0.6 is 23.5 Å². The molecule has 0 heterocycles. The summed E-state index contributed by atoms with van der Waals surface area (Å²) in [6, 6.07) is 0. The molecule has 0 rings (SSSR count). The van der Waals surface area contributed by atoms with E-state index in [0.717, 1.165) is 11.5 Å². The Morgan fingerprint density at radius 3 is 1.44 bits per heavy atom. The predicted octanol–water partition coefficient (Wildman–Crippen LogP) is 1.88. The highest BCUT2D eigenvalue weighted by atomic mass is 32.2. The van der Waals surface area contributed by atoms with Crippen LogP contribution in [0.25, 0.3) is 0 Å². The van der Waals surface area contributed by atoms with Crippen molar-refractivity contribution in [2.45, 2.75) is 12.8 Å². The monoisotopic (exact) mass is 290 g/mol. The molecule has 0 radical (unpaired) electrons. The van der Waals surface area contributed by atoms with E-state index >= 15 is 0 Å². The first-order chi connectivity index (χ1) is 8.45. The van der Waals surface area contributed by atoms with Gasteiger partial charge in [0.25, 0.3) is 0 Å². The van der Waals surface area contributed by atoms with Crippen molar-refractivity contribution in [3.8, 4) is 0 Å². The molecule has 0 aromatic carbocycles. The molecule has 18 heavy (non-hydrogen) atoms. The summed E-state index contributed by atoms with van der Waals surface area (Å²) in [5.41, 5.74) is 0. The maximum absolute atomic E-state index is 11.3. The molecular formula is C12H22N2O2S2. The average Bonchev–Trinajstić information content (AvgIpc) is 2.31. The molecule has 0 aliphatic heterocycles. The first-order valence-corrected chi connectivity index (χ1v) is 7.83. The Bertz CT molecular complexity index is 264. The van der Waals surface area contributed by atoms with Gasteiger partial charge >= 0.3 is 0 Å². The Hall–Kier alpha value is -0.620. The van der Waals surface area contributed by atoms with Gasteiger partial charge in [0.2, 0.25) is 11.8 Å². The van der Waals surface area contributed by atoms with E-state index in [4.69, 9.17) is 0 Å². The van der Waals surface area contributed by atoms with Crippen LogP contribution in [0.3, 0.4) is 0 Å². The molecule has 0 spiro atoms. The van der Waals surface area contributed by atoms with E-state index in [1.807, 2.05) is 10.8 Å². The van der Waals surface area contributed by atoms with E-state index in [-0.39, 0.29) is 11.8 Å². The fraction of sp³-hybridized carbons (Fsp3) is 0.667. The molecule has 0 bridgehead atoms. The van der Waals surface area contributed by atoms with Crippen molar-refractivity contribution in [3.05, 3.63) is 10.8 Å². The molecule has 0 unspecified atom stereocenters. The van der Waals surface area contributed by atoms with Crippen molar-refractivity contribution in [2.24, 2.45) is 0 Å². The quantitative estimate of drug-likeness (QED) is 0.640. The Labute approximate surface area is 118 Å². The average molecular weight is 290 g/mol. The van der Waals surface area contributed by atoms with Crippen LogP contribution < -0.4 is 0 Å². The van der Waals surface area contributed by atoms with E-state index in [1.54, 1.807) is 61.5 Å². The molecule has 0 atom stereocenters. The van der Waals surface area contributed by atoms with Gasteiger partial charge in [-0.25, -0.2) is 0 Å². The summed E-state index contributed by atoms with van der Waals surface area (Å²) >= 11 is 3.24. The third-order valence-corrected chi connectivity index (χ3v) is 3.82. The van der Waals surface area contributed by atoms with E-state index in [2.05, 4.69) is 0 Å². The summed E-state index contributed by atoms with van der Waals surface area (Å²) in [5.74, 6) is 1.90. The zero-order valence-electron chi connectivity index (χ0n) is 11.5. The minimum Gasteiger partial charge on any atom is -0.349 e. The molecule has 4 nitrogen and oxygen atoms in total. The van der Waals surface area contributed by atoms with Gasteiger partial charge in [-0.15, -0.1) is 23.5 Å². The van der Waals surface area contributed by atoms with Crippen molar-refractivity contribution in [1.82, 2.24) is 9.80 Å². The van der Waals surface area contributed by atoms with E-state index in [1.165, 1.54) is 0 Å². The van der Waals surface area contributed by atoms with Crippen LogP contribution in [0, 0.1) is 0 Å². The van der Waals surface area contributed by atoms with Gasteiger partial charge in [-0.1, -0.05) is 0 Å². The van der Waals surface area contributed by atoms with Crippen LogP contribution in [-0.4, -0.2) is 61.3 Å². The lowest BCUT2D eigenvalue weighted by atomic mass is 10.4. The highest BCUT2D eigenvalue weighted by Crippen LogP contribution is 2.11. The topological polar surface area (TPSA) is 40.6 Å². The Balaban J connectivity index is 3.45. The molecule has 104 valence electrons. The Morgan fingerprint density at radius 1 is 0.833 bits per heavy atom. The number of carbonyl (C=O) groups excluding carboxylic acids is 2. The highest BCUT2D eigenvalue weighted by Gasteiger charge is 2.02. The van der Waals surface area contributed by atoms with Crippen molar-refractivity contribution < 1.29 is 9.59 Å². The van der Waals surface area contributed by atoms with Crippen LogP contribution in [0.2, 0.25) is 0 Å². The standard InChI is InChI=1S/C12H22N2O2S2/c1-13(2)11(15)5-7-17-9-10-18-8-6-12(16)14(3)4/h9-10H,5-8H2,1-4H3/b10-9+. The van der Waals surface area contributed by atoms with Crippen LogP contribution in [0.5, 0.6) is 0 Å². The lowest BCUT2D eigenvalue weighted by molar-refractivity contribution is -0.128. The summed E-state index contributed by atoms with van der Waals surface area (Å²) in [5, 5.41) is 3.96. The second-order valence-electron chi connectivity index (χ2n) is 4.09. The van der Waals surface area contributed by atoms with Gasteiger partial charge in [0.1, 0.15) is 0 Å². The van der Waals surface area contributed by atoms with Crippen LogP contribution in [-0.2, 0) is 9.59 Å². The normalized spacial score (nSPS) is 10.7. The molecule has 0 aromatic heterocycles. The lowest BCUT2D eigenvalue weighted by Gasteiger charge is -2.08. The first kappa shape index (κ1) is 17.4. The number of hydrogen-bond acceptors (Lipinski definition) is 4. The van der Waals surface area contributed by atoms with E-state index in [0.29, 0.717) is 12.8 Å². The summed E-state index contributed by atoms with van der Waals surface area (Å²) in [6.45, 7) is 0. The zero-order valence-corrected chi connectivity index (χ0v) is 13.1. The molecule has 2 amide bonds. The molecule has 0 fully saturated rings. The minimum atomic E-state index is 0.153. The molecule has 0 N–H and O–H groups in total. The second kappa shape index (κ2) is 10.3. The highest BCUT2D eigenvalue weighted by molar-refractivity contribution is 8.05. The van der Waals surface area contributed by atoms with Gasteiger partial charge in [0.15, 0.2) is 0 Å². The molecular weight excluding hydrogens is 268 g/mol. The predicted molar refractivity (Wildman–Crippen MR) is 80.7 cm³/mol. The number of nitrogens with zero attached hydrogens (tertiary/aromatic N) is 2. The Morgan fingerprint density at radius 2 is 1.17 bits per heavy atom. The van der Waals surface area contributed by atoms with E-state index in [9.17, 15) is 9.59 Å². The summed E-state index contributed by atoms with van der Waals surface area (Å²) in [6.07, 6.45) is 1.12. The maximum atomic E-state index is 11.3. The Kier molecular flexibility index (Phi) is 9.96. The molecule has 0 aliphatic carbocycles. The number of hydrogen-bond donors (Lipinski definition) is 0. The third kappa shape index (κ3) is 9.41. The summed E-state index contributed by atoms with van der Waals surface area (Å²) in [4.78, 5) is 25.7. The fourth-order valence-electron chi connectivity index (χ4n) is 0.954. The van der Waals surface area contributed by atoms with Gasteiger partial charge in [-0.3, -0.25) is 9.59 Å². The number of rotatable bonds is 8. The van der Waals surface area contributed by atoms with Gasteiger partial charge < -0.3 is 9.80 Å². The number of carbonyl (C=O) groups is 2. The summed E-state index contributed by atoms with van der Waals surface area (Å²) in [7, 11) is 7.06. The second-order valence-corrected chi connectivity index (χ2v) is 6.12. The van der Waals surface area contributed by atoms with Crippen LogP contribution in [0.1, 0.15) is 12.8 Å². The van der Waals surface area contributed by atoms with Crippen molar-refractivity contribution >= 4 is 35.3 Å². The first-order valence-electron chi connectivity index (χ1n) is 5.73. The van der Waals surface area contributed by atoms with Crippen molar-refractivity contribution in [1.29, 1.82) is 0 Å². The maximum Gasteiger partial charge on any atom is 0.222 e. The number of amides is 2. The fourth-order valence-corrected chi connectivity index (χ4v) is 2.44. The third-order valence-electron chi connectivity index (χ3n) is 2.11. The number of thioether (sulfide) groups is 2. The summed E-state index contributed by atoms with van der Waals surface area (Å²) < 4.78 is 0. The molecule has 6 heteroatoms. The molecule has 0 saturated carbocycles. The van der Waals surface area contributed by atoms with E-state index < -0.39 is 0 Å². The zero-order chi connectivity index (χ0) is 14.0. The van der Waals surface area contributed by atoms with Crippen LogP contribution in [0.15, 0.2) is 10.8 Å². The SMILES string of the molecule is CN(C)C(=O)CCS/C=C/SCCC(=O)N(C)C. The van der Waals surface area contributed by atoms with Crippen LogP contribution in [0.4, 0.5) is 0 Å². The van der Waals surface area contributed by atoms with Gasteiger partial charge in [-0.2, -0.15) is 0 Å². The molecule has 0 aliphatic rings. The lowest BCUT2D eigenvalue weighted by Crippen LogP contribution is -2.21. The molecule has 0 saturated heterocycles. The van der Waals surface area contributed by atoms with Gasteiger partial charge in [0, 0.05) is 52.5 Å².